The first-order valence-corrected chi connectivity index (χ1v) is 8.21. The van der Waals surface area contributed by atoms with E-state index in [1.165, 1.54) is 24.7 Å². The van der Waals surface area contributed by atoms with E-state index >= 15 is 0 Å². The van der Waals surface area contributed by atoms with Gasteiger partial charge in [-0.1, -0.05) is 18.3 Å². The summed E-state index contributed by atoms with van der Waals surface area (Å²) in [6.07, 6.45) is 2.30. The molecule has 2 heterocycles. The summed E-state index contributed by atoms with van der Waals surface area (Å²) in [5, 5.41) is 0.752. The Morgan fingerprint density at radius 2 is 2.10 bits per heavy atom. The minimum absolute atomic E-state index is 0.139. The Balaban J connectivity index is 2.34. The highest BCUT2D eigenvalue weighted by Crippen LogP contribution is 2.33. The lowest BCUT2D eigenvalue weighted by Crippen LogP contribution is -2.41. The van der Waals surface area contributed by atoms with Gasteiger partial charge in [-0.2, -0.15) is 0 Å². The van der Waals surface area contributed by atoms with Gasteiger partial charge in [0.15, 0.2) is 16.6 Å². The van der Waals surface area contributed by atoms with Crippen molar-refractivity contribution in [1.29, 1.82) is 0 Å². The predicted octanol–water partition coefficient (Wildman–Crippen LogP) is 3.15. The molecule has 0 saturated carbocycles. The molecule has 6 heteroatoms. The van der Waals surface area contributed by atoms with E-state index in [-0.39, 0.29) is 18.1 Å². The van der Waals surface area contributed by atoms with Crippen molar-refractivity contribution in [2.24, 2.45) is 5.92 Å². The van der Waals surface area contributed by atoms with Crippen LogP contribution in [0.5, 0.6) is 0 Å². The van der Waals surface area contributed by atoms with Crippen molar-refractivity contribution >= 4 is 28.2 Å². The first kappa shape index (κ1) is 15.9. The van der Waals surface area contributed by atoms with Gasteiger partial charge in [0, 0.05) is 19.5 Å². The number of ketones is 1. The summed E-state index contributed by atoms with van der Waals surface area (Å²) in [4.78, 5) is 30.7. The maximum absolute atomic E-state index is 12.0. The standard InChI is InChI=1S/C15H22N2O3S/c1-5-20-14(19)12-13(11(4)18)21-15(16-12)17-8-9(2)6-7-10(17)3/h9-10H,5-8H2,1-4H3. The molecule has 1 aliphatic heterocycles. The zero-order valence-electron chi connectivity index (χ0n) is 13.0. The van der Waals surface area contributed by atoms with Crippen molar-refractivity contribution < 1.29 is 14.3 Å². The highest BCUT2D eigenvalue weighted by atomic mass is 32.1. The molecular weight excluding hydrogens is 288 g/mol. The summed E-state index contributed by atoms with van der Waals surface area (Å²) < 4.78 is 5.00. The van der Waals surface area contributed by atoms with Crippen LogP contribution < -0.4 is 4.90 Å². The highest BCUT2D eigenvalue weighted by molar-refractivity contribution is 7.17. The van der Waals surface area contributed by atoms with Crippen molar-refractivity contribution in [2.75, 3.05) is 18.1 Å². The number of carbonyl (C=O) groups excluding carboxylic acids is 2. The molecule has 116 valence electrons. The quantitative estimate of drug-likeness (QED) is 0.631. The van der Waals surface area contributed by atoms with Gasteiger partial charge in [0.05, 0.1) is 6.61 Å². The van der Waals surface area contributed by atoms with Gasteiger partial charge in [0.25, 0.3) is 0 Å². The molecule has 0 N–H and O–H groups in total. The number of piperidine rings is 1. The number of anilines is 1. The van der Waals surface area contributed by atoms with E-state index in [2.05, 4.69) is 23.7 Å². The second kappa shape index (κ2) is 6.56. The van der Waals surface area contributed by atoms with E-state index in [1.807, 2.05) is 0 Å². The maximum atomic E-state index is 12.0. The fraction of sp³-hybridized carbons (Fsp3) is 0.667. The molecule has 1 saturated heterocycles. The smallest absolute Gasteiger partial charge is 0.358 e. The van der Waals surface area contributed by atoms with Gasteiger partial charge in [0.2, 0.25) is 0 Å². The summed E-state index contributed by atoms with van der Waals surface area (Å²) in [6, 6.07) is 0.377. The number of aromatic nitrogens is 1. The van der Waals surface area contributed by atoms with Gasteiger partial charge >= 0.3 is 5.97 Å². The largest absolute Gasteiger partial charge is 0.461 e. The Kier molecular flexibility index (Phi) is 4.98. The summed E-state index contributed by atoms with van der Waals surface area (Å²) in [5.41, 5.74) is 0.162. The topological polar surface area (TPSA) is 59.5 Å². The molecule has 2 rings (SSSR count). The third kappa shape index (κ3) is 3.43. The van der Waals surface area contributed by atoms with Crippen LogP contribution in [0.15, 0.2) is 0 Å². The second-order valence-electron chi connectivity index (χ2n) is 5.63. The van der Waals surface area contributed by atoms with E-state index in [0.717, 1.165) is 18.1 Å². The minimum Gasteiger partial charge on any atom is -0.461 e. The molecule has 0 aromatic carbocycles. The first-order valence-electron chi connectivity index (χ1n) is 7.39. The van der Waals surface area contributed by atoms with Gasteiger partial charge in [-0.15, -0.1) is 0 Å². The van der Waals surface area contributed by atoms with Crippen LogP contribution in [0.1, 0.15) is 60.7 Å². The molecule has 0 radical (unpaired) electrons. The van der Waals surface area contributed by atoms with Crippen LogP contribution in [0.25, 0.3) is 0 Å². The van der Waals surface area contributed by atoms with Crippen molar-refractivity contribution in [2.45, 2.75) is 46.6 Å². The lowest BCUT2D eigenvalue weighted by molar-refractivity contribution is 0.0517. The monoisotopic (exact) mass is 310 g/mol. The molecule has 1 aromatic rings. The van der Waals surface area contributed by atoms with Crippen LogP contribution in [0, 0.1) is 5.92 Å². The van der Waals surface area contributed by atoms with Gasteiger partial charge in [-0.3, -0.25) is 4.79 Å². The molecule has 0 amide bonds. The molecule has 2 unspecified atom stereocenters. The molecule has 0 bridgehead atoms. The normalized spacial score (nSPS) is 22.2. The third-order valence-electron chi connectivity index (χ3n) is 3.77. The van der Waals surface area contributed by atoms with Gasteiger partial charge in [-0.25, -0.2) is 9.78 Å². The van der Waals surface area contributed by atoms with E-state index in [9.17, 15) is 9.59 Å². The number of hydrogen-bond acceptors (Lipinski definition) is 6. The SMILES string of the molecule is CCOC(=O)c1nc(N2CC(C)CCC2C)sc1C(C)=O. The number of rotatable bonds is 4. The van der Waals surface area contributed by atoms with Crippen LogP contribution in [-0.4, -0.2) is 35.9 Å². The molecule has 1 aromatic heterocycles. The van der Waals surface area contributed by atoms with E-state index in [0.29, 0.717) is 16.8 Å². The minimum atomic E-state index is -0.511. The molecule has 1 fully saturated rings. The molecule has 2 atom stereocenters. The average molecular weight is 310 g/mol. The summed E-state index contributed by atoms with van der Waals surface area (Å²) >= 11 is 1.30. The van der Waals surface area contributed by atoms with Crippen LogP contribution in [0.4, 0.5) is 5.13 Å². The van der Waals surface area contributed by atoms with Crippen LogP contribution in [0.2, 0.25) is 0 Å². The fourth-order valence-electron chi connectivity index (χ4n) is 2.56. The van der Waals surface area contributed by atoms with Gasteiger partial charge < -0.3 is 9.64 Å². The van der Waals surface area contributed by atoms with Gasteiger partial charge in [-0.05, 0) is 32.6 Å². The Hall–Kier alpha value is -1.43. The zero-order chi connectivity index (χ0) is 15.6. The number of nitrogens with zero attached hydrogens (tertiary/aromatic N) is 2. The molecule has 5 nitrogen and oxygen atoms in total. The molecule has 0 aliphatic carbocycles. The van der Waals surface area contributed by atoms with Crippen molar-refractivity contribution in [3.8, 4) is 0 Å². The zero-order valence-corrected chi connectivity index (χ0v) is 13.8. The Labute approximate surface area is 129 Å². The van der Waals surface area contributed by atoms with Crippen LogP contribution in [-0.2, 0) is 4.74 Å². The number of ether oxygens (including phenoxy) is 1. The maximum Gasteiger partial charge on any atom is 0.358 e. The Morgan fingerprint density at radius 3 is 2.71 bits per heavy atom. The van der Waals surface area contributed by atoms with E-state index in [1.54, 1.807) is 6.92 Å². The second-order valence-corrected chi connectivity index (χ2v) is 6.61. The number of thiazole rings is 1. The van der Waals surface area contributed by atoms with Crippen LogP contribution >= 0.6 is 11.3 Å². The summed E-state index contributed by atoms with van der Waals surface area (Å²) in [6.45, 7) is 8.76. The number of carbonyl (C=O) groups is 2. The molecule has 1 aliphatic rings. The van der Waals surface area contributed by atoms with Gasteiger partial charge in [0.1, 0.15) is 4.88 Å². The van der Waals surface area contributed by atoms with Crippen molar-refractivity contribution in [1.82, 2.24) is 4.98 Å². The van der Waals surface area contributed by atoms with Crippen molar-refractivity contribution in [3.63, 3.8) is 0 Å². The molecule has 0 spiro atoms. The Bertz CT molecular complexity index is 541. The number of Topliss-reactive ketones (excluding diaryl/α,β-unsaturated/α-hetero) is 1. The third-order valence-corrected chi connectivity index (χ3v) is 4.96. The first-order chi connectivity index (χ1) is 9.93. The summed E-state index contributed by atoms with van der Waals surface area (Å²) in [5.74, 6) is -0.0562. The lowest BCUT2D eigenvalue weighted by Gasteiger charge is -2.36. The average Bonchev–Trinajstić information content (AvgIpc) is 2.87. The lowest BCUT2D eigenvalue weighted by atomic mass is 9.96. The predicted molar refractivity (Wildman–Crippen MR) is 83.3 cm³/mol. The summed E-state index contributed by atoms with van der Waals surface area (Å²) in [7, 11) is 0. The number of hydrogen-bond donors (Lipinski definition) is 0. The fourth-order valence-corrected chi connectivity index (χ4v) is 3.62. The van der Waals surface area contributed by atoms with E-state index in [4.69, 9.17) is 4.74 Å². The van der Waals surface area contributed by atoms with Crippen molar-refractivity contribution in [3.05, 3.63) is 10.6 Å². The number of esters is 1. The van der Waals surface area contributed by atoms with E-state index < -0.39 is 5.97 Å². The Morgan fingerprint density at radius 1 is 1.38 bits per heavy atom. The molecule has 21 heavy (non-hydrogen) atoms. The van der Waals surface area contributed by atoms with Crippen LogP contribution in [0.3, 0.4) is 0 Å². The molecular formula is C15H22N2O3S. The highest BCUT2D eigenvalue weighted by Gasteiger charge is 2.29.